The lowest BCUT2D eigenvalue weighted by Crippen LogP contribution is -2.36. The third kappa shape index (κ3) is 4.08. The van der Waals surface area contributed by atoms with Gasteiger partial charge in [0.15, 0.2) is 5.82 Å². The van der Waals surface area contributed by atoms with Gasteiger partial charge in [0.25, 0.3) is 0 Å². The first-order valence-corrected chi connectivity index (χ1v) is 9.55. The van der Waals surface area contributed by atoms with Crippen LogP contribution in [-0.2, 0) is 4.74 Å². The largest absolute Gasteiger partial charge is 0.433 e. The van der Waals surface area contributed by atoms with Crippen LogP contribution in [0.5, 0.6) is 0 Å². The number of benzene rings is 1. The van der Waals surface area contributed by atoms with Gasteiger partial charge in [0.05, 0.1) is 30.5 Å². The van der Waals surface area contributed by atoms with Crippen LogP contribution >= 0.6 is 0 Å². The summed E-state index contributed by atoms with van der Waals surface area (Å²) in [5.74, 6) is 0.520. The van der Waals surface area contributed by atoms with Crippen LogP contribution in [0.25, 0.3) is 23.1 Å². The summed E-state index contributed by atoms with van der Waals surface area (Å²) < 4.78 is 25.3. The molecule has 0 spiro atoms. The molecule has 0 radical (unpaired) electrons. The van der Waals surface area contributed by atoms with Gasteiger partial charge in [-0.2, -0.15) is 0 Å². The molecular formula is C20H20FN5O4. The third-order valence-corrected chi connectivity index (χ3v) is 4.67. The Bertz CT molecular complexity index is 1110. The summed E-state index contributed by atoms with van der Waals surface area (Å²) in [5.41, 5.74) is 1.07. The number of hydrogen-bond acceptors (Lipinski definition) is 8. The monoisotopic (exact) mass is 413 g/mol. The summed E-state index contributed by atoms with van der Waals surface area (Å²) in [4.78, 5) is 21.1. The van der Waals surface area contributed by atoms with Gasteiger partial charge in [0.2, 0.25) is 0 Å². The highest BCUT2D eigenvalue weighted by molar-refractivity contribution is 5.92. The van der Waals surface area contributed by atoms with E-state index in [-0.39, 0.29) is 11.7 Å². The van der Waals surface area contributed by atoms with Gasteiger partial charge in [-0.25, -0.2) is 14.4 Å². The Kier molecular flexibility index (Phi) is 5.57. The van der Waals surface area contributed by atoms with Gasteiger partial charge >= 0.3 is 5.88 Å². The zero-order valence-electron chi connectivity index (χ0n) is 16.3. The number of fused-ring (bicyclic) bond motifs is 1. The van der Waals surface area contributed by atoms with Gasteiger partial charge in [0, 0.05) is 25.0 Å². The van der Waals surface area contributed by atoms with Crippen molar-refractivity contribution in [2.75, 3.05) is 43.1 Å². The third-order valence-electron chi connectivity index (χ3n) is 4.67. The molecule has 1 aliphatic heterocycles. The molecular weight excluding hydrogens is 393 g/mol. The van der Waals surface area contributed by atoms with Crippen molar-refractivity contribution in [1.29, 1.82) is 0 Å². The fraction of sp³-hybridized carbons (Fsp3) is 0.300. The highest BCUT2D eigenvalue weighted by atomic mass is 19.1. The molecule has 9 nitrogen and oxygen atoms in total. The highest BCUT2D eigenvalue weighted by Gasteiger charge is 2.18. The van der Waals surface area contributed by atoms with Gasteiger partial charge in [-0.3, -0.25) is 10.1 Å². The van der Waals surface area contributed by atoms with Crippen molar-refractivity contribution < 1.29 is 18.5 Å². The Morgan fingerprint density at radius 1 is 1.27 bits per heavy atom. The molecule has 0 aliphatic carbocycles. The second kappa shape index (κ2) is 8.46. The maximum absolute atomic E-state index is 14.8. The summed E-state index contributed by atoms with van der Waals surface area (Å²) >= 11 is 0. The molecule has 3 heterocycles. The second-order valence-corrected chi connectivity index (χ2v) is 6.65. The molecule has 3 aromatic rings. The number of furan rings is 1. The number of morpholine rings is 1. The van der Waals surface area contributed by atoms with Gasteiger partial charge in [-0.1, -0.05) is 0 Å². The minimum absolute atomic E-state index is 0.309. The van der Waals surface area contributed by atoms with Gasteiger partial charge in [-0.05, 0) is 37.3 Å². The van der Waals surface area contributed by atoms with Crippen LogP contribution < -0.4 is 10.2 Å². The summed E-state index contributed by atoms with van der Waals surface area (Å²) in [6.07, 6.45) is 3.15. The molecule has 1 aromatic carbocycles. The van der Waals surface area contributed by atoms with Crippen LogP contribution in [0.3, 0.4) is 0 Å². The second-order valence-electron chi connectivity index (χ2n) is 6.65. The number of rotatable bonds is 6. The maximum Gasteiger partial charge on any atom is 0.433 e. The Hall–Kier alpha value is -3.53. The number of hydrogen-bond donors (Lipinski definition) is 1. The molecule has 1 aliphatic rings. The smallest absolute Gasteiger partial charge is 0.401 e. The summed E-state index contributed by atoms with van der Waals surface area (Å²) in [7, 11) is 0. The van der Waals surface area contributed by atoms with Crippen molar-refractivity contribution in [2.45, 2.75) is 6.92 Å². The zero-order valence-corrected chi connectivity index (χ0v) is 16.3. The zero-order chi connectivity index (χ0) is 21.1. The molecule has 10 heteroatoms. The summed E-state index contributed by atoms with van der Waals surface area (Å²) in [6, 6.07) is 5.93. The molecule has 1 saturated heterocycles. The Morgan fingerprint density at radius 2 is 2.07 bits per heavy atom. The van der Waals surface area contributed by atoms with Gasteiger partial charge in [-0.15, -0.1) is 0 Å². The Balaban J connectivity index is 1.72. The van der Waals surface area contributed by atoms with E-state index in [2.05, 4.69) is 15.3 Å². The number of nitrogens with one attached hydrogen (secondary N) is 1. The summed E-state index contributed by atoms with van der Waals surface area (Å²) in [6.45, 7) is 4.84. The number of nitro groups is 1. The molecule has 2 aromatic heterocycles. The fourth-order valence-corrected chi connectivity index (χ4v) is 3.27. The van der Waals surface area contributed by atoms with E-state index < -0.39 is 4.92 Å². The van der Waals surface area contributed by atoms with Crippen molar-refractivity contribution in [3.8, 4) is 0 Å². The minimum atomic E-state index is -0.602. The fourth-order valence-electron chi connectivity index (χ4n) is 3.27. The Labute approximate surface area is 171 Å². The van der Waals surface area contributed by atoms with E-state index in [4.69, 9.17) is 9.15 Å². The number of aromatic nitrogens is 2. The van der Waals surface area contributed by atoms with Crippen molar-refractivity contribution >= 4 is 40.4 Å². The van der Waals surface area contributed by atoms with Crippen molar-refractivity contribution in [3.63, 3.8) is 0 Å². The lowest BCUT2D eigenvalue weighted by atomic mass is 10.1. The van der Waals surface area contributed by atoms with Gasteiger partial charge < -0.3 is 19.4 Å². The van der Waals surface area contributed by atoms with E-state index in [1.165, 1.54) is 18.2 Å². The summed E-state index contributed by atoms with van der Waals surface area (Å²) in [5, 5.41) is 14.5. The quantitative estimate of drug-likeness (QED) is 0.481. The number of anilines is 2. The average molecular weight is 413 g/mol. The van der Waals surface area contributed by atoms with Crippen molar-refractivity contribution in [2.24, 2.45) is 0 Å². The van der Waals surface area contributed by atoms with Gasteiger partial charge in [0.1, 0.15) is 22.3 Å². The lowest BCUT2D eigenvalue weighted by Gasteiger charge is -2.29. The van der Waals surface area contributed by atoms with E-state index in [0.717, 1.165) is 0 Å². The molecule has 0 saturated carbocycles. The lowest BCUT2D eigenvalue weighted by molar-refractivity contribution is -0.402. The number of halogens is 1. The first kappa shape index (κ1) is 19.8. The van der Waals surface area contributed by atoms with E-state index >= 15 is 0 Å². The van der Waals surface area contributed by atoms with Crippen LogP contribution in [0.2, 0.25) is 0 Å². The first-order valence-electron chi connectivity index (χ1n) is 9.55. The normalized spacial score (nSPS) is 14.5. The molecule has 156 valence electrons. The maximum atomic E-state index is 14.8. The molecule has 0 amide bonds. The predicted molar refractivity (Wildman–Crippen MR) is 111 cm³/mol. The SMILES string of the molecule is CCNc1nc(/C=C/c2ccc([N+](=O)[O-])o2)nc2cc(N3CCOCC3)c(F)cc12. The Morgan fingerprint density at radius 3 is 2.77 bits per heavy atom. The molecule has 4 rings (SSSR count). The predicted octanol–water partition coefficient (Wildman–Crippen LogP) is 3.71. The van der Waals surface area contributed by atoms with Crippen LogP contribution in [0, 0.1) is 15.9 Å². The van der Waals surface area contributed by atoms with Crippen LogP contribution in [0.1, 0.15) is 18.5 Å². The molecule has 1 fully saturated rings. The minimum Gasteiger partial charge on any atom is -0.401 e. The van der Waals surface area contributed by atoms with E-state index in [1.54, 1.807) is 18.2 Å². The molecule has 0 atom stereocenters. The van der Waals surface area contributed by atoms with Crippen LogP contribution in [0.4, 0.5) is 21.8 Å². The molecule has 0 bridgehead atoms. The number of ether oxygens (including phenoxy) is 1. The molecule has 1 N–H and O–H groups in total. The number of nitrogens with zero attached hydrogens (tertiary/aromatic N) is 4. The standard InChI is InChI=1S/C20H20FN5O4/c1-2-22-20-14-11-15(21)17(25-7-9-29-10-8-25)12-16(14)23-18(24-20)5-3-13-4-6-19(30-13)26(27)28/h3-6,11-12H,2,7-10H2,1H3,(H,22,23,24)/b5-3+. The van der Waals surface area contributed by atoms with Crippen molar-refractivity contribution in [1.82, 2.24) is 9.97 Å². The highest BCUT2D eigenvalue weighted by Crippen LogP contribution is 2.29. The van der Waals surface area contributed by atoms with Crippen LogP contribution in [-0.4, -0.2) is 47.7 Å². The molecule has 30 heavy (non-hydrogen) atoms. The molecule has 0 unspecified atom stereocenters. The van der Waals surface area contributed by atoms with E-state index in [9.17, 15) is 14.5 Å². The topological polar surface area (TPSA) is 107 Å². The average Bonchev–Trinajstić information content (AvgIpc) is 3.23. The first-order chi connectivity index (χ1) is 14.5. The van der Waals surface area contributed by atoms with E-state index in [0.29, 0.717) is 66.8 Å². The van der Waals surface area contributed by atoms with E-state index in [1.807, 2.05) is 11.8 Å². The van der Waals surface area contributed by atoms with Crippen LogP contribution in [0.15, 0.2) is 28.7 Å². The van der Waals surface area contributed by atoms with Crippen molar-refractivity contribution in [3.05, 3.63) is 51.8 Å².